The second-order valence-corrected chi connectivity index (χ2v) is 8.11. The van der Waals surface area contributed by atoms with Crippen molar-refractivity contribution in [2.24, 2.45) is 0 Å². The fourth-order valence-electron chi connectivity index (χ4n) is 2.81. The molecule has 0 radical (unpaired) electrons. The van der Waals surface area contributed by atoms with Crippen molar-refractivity contribution in [3.05, 3.63) is 48.0 Å². The molecule has 14 heteroatoms. The summed E-state index contributed by atoms with van der Waals surface area (Å²) in [5.41, 5.74) is -1.13. The number of benzene rings is 2. The first-order valence-corrected chi connectivity index (χ1v) is 10.2. The number of ether oxygens (including phenoxy) is 1. The van der Waals surface area contributed by atoms with Crippen LogP contribution in [-0.4, -0.2) is 49.5 Å². The summed E-state index contributed by atoms with van der Waals surface area (Å²) in [7, 11) is 3.49. The Labute approximate surface area is 200 Å². The zero-order valence-corrected chi connectivity index (χ0v) is 19.3. The van der Waals surface area contributed by atoms with Crippen molar-refractivity contribution in [3.63, 3.8) is 0 Å². The minimum absolute atomic E-state index is 0. The summed E-state index contributed by atoms with van der Waals surface area (Å²) in [6.45, 7) is 0.422. The van der Waals surface area contributed by atoms with Crippen LogP contribution < -0.4 is 15.0 Å². The van der Waals surface area contributed by atoms with Crippen LogP contribution in [-0.2, 0) is 6.18 Å². The fourth-order valence-corrected chi connectivity index (χ4v) is 3.83. The number of aromatic nitrogens is 1. The molecule has 0 aliphatic rings. The van der Waals surface area contributed by atoms with E-state index in [4.69, 9.17) is 0 Å². The van der Waals surface area contributed by atoms with Gasteiger partial charge in [0.15, 0.2) is 5.13 Å². The van der Waals surface area contributed by atoms with E-state index in [0.29, 0.717) is 16.8 Å². The number of amides is 2. The SMILES string of the molecule is CN(C)CCN(C(=O)Nc1ccccc1C(F)(F)F)c1nc2ccc(OC(F)(F)F)cc2s1.Cl. The number of alkyl halides is 6. The minimum Gasteiger partial charge on any atom is -0.406 e. The standard InChI is InChI=1S/C20H18F6N4O2S.ClH/c1-29(2)9-10-30(17(31)27-14-6-4-3-5-13(14)19(21,22)23)18-28-15-8-7-12(11-16(15)33-18)32-20(24,25)26;/h3-8,11H,9-10H2,1-2H3,(H,27,31);1H. The van der Waals surface area contributed by atoms with Gasteiger partial charge in [0, 0.05) is 19.2 Å². The Bertz CT molecular complexity index is 1140. The number of hydrogen-bond donors (Lipinski definition) is 1. The highest BCUT2D eigenvalue weighted by atomic mass is 35.5. The Morgan fingerprint density at radius 1 is 1.06 bits per heavy atom. The number of fused-ring (bicyclic) bond motifs is 1. The molecule has 0 spiro atoms. The van der Waals surface area contributed by atoms with E-state index in [9.17, 15) is 31.1 Å². The molecule has 2 amide bonds. The third-order valence-electron chi connectivity index (χ3n) is 4.30. The maximum Gasteiger partial charge on any atom is 0.573 e. The van der Waals surface area contributed by atoms with Gasteiger partial charge in [-0.25, -0.2) is 9.78 Å². The first-order chi connectivity index (χ1) is 15.3. The molecule has 1 aromatic heterocycles. The smallest absolute Gasteiger partial charge is 0.406 e. The number of nitrogens with zero attached hydrogens (tertiary/aromatic N) is 3. The van der Waals surface area contributed by atoms with Gasteiger partial charge in [0.1, 0.15) is 5.75 Å². The zero-order chi connectivity index (χ0) is 24.4. The third kappa shape index (κ3) is 7.11. The molecular weight excluding hydrogens is 510 g/mol. The summed E-state index contributed by atoms with van der Waals surface area (Å²) < 4.78 is 81.6. The van der Waals surface area contributed by atoms with Gasteiger partial charge in [-0.2, -0.15) is 13.2 Å². The number of rotatable bonds is 6. The van der Waals surface area contributed by atoms with Crippen LogP contribution in [0.15, 0.2) is 42.5 Å². The van der Waals surface area contributed by atoms with Crippen LogP contribution in [0, 0.1) is 0 Å². The average Bonchev–Trinajstić information content (AvgIpc) is 3.09. The molecule has 0 unspecified atom stereocenters. The number of hydrogen-bond acceptors (Lipinski definition) is 5. The van der Waals surface area contributed by atoms with Gasteiger partial charge in [0.25, 0.3) is 0 Å². The van der Waals surface area contributed by atoms with Crippen molar-refractivity contribution >= 4 is 50.8 Å². The lowest BCUT2D eigenvalue weighted by atomic mass is 10.1. The molecule has 3 aromatic rings. The molecule has 1 N–H and O–H groups in total. The molecule has 0 fully saturated rings. The van der Waals surface area contributed by atoms with E-state index in [1.807, 2.05) is 0 Å². The predicted octanol–water partition coefficient (Wildman–Crippen LogP) is 6.24. The maximum atomic E-state index is 13.3. The molecule has 0 atom stereocenters. The monoisotopic (exact) mass is 528 g/mol. The lowest BCUT2D eigenvalue weighted by molar-refractivity contribution is -0.274. The van der Waals surface area contributed by atoms with Crippen LogP contribution in [0.4, 0.5) is 42.0 Å². The summed E-state index contributed by atoms with van der Waals surface area (Å²) >= 11 is 0.912. The van der Waals surface area contributed by atoms with Crippen molar-refractivity contribution in [3.8, 4) is 5.75 Å². The first kappa shape index (κ1) is 27.5. The van der Waals surface area contributed by atoms with Gasteiger partial charge in [-0.05, 0) is 38.4 Å². The van der Waals surface area contributed by atoms with Crippen molar-refractivity contribution < 1.29 is 35.9 Å². The minimum atomic E-state index is -4.87. The number of carbonyl (C=O) groups excluding carboxylic acids is 1. The Morgan fingerprint density at radius 3 is 2.35 bits per heavy atom. The first-order valence-electron chi connectivity index (χ1n) is 9.39. The highest BCUT2D eigenvalue weighted by molar-refractivity contribution is 7.22. The van der Waals surface area contributed by atoms with Crippen LogP contribution >= 0.6 is 23.7 Å². The van der Waals surface area contributed by atoms with E-state index < -0.39 is 35.6 Å². The number of thiazole rings is 1. The molecule has 6 nitrogen and oxygen atoms in total. The number of halogens is 7. The maximum absolute atomic E-state index is 13.3. The van der Waals surface area contributed by atoms with E-state index >= 15 is 0 Å². The van der Waals surface area contributed by atoms with Gasteiger partial charge in [-0.15, -0.1) is 25.6 Å². The van der Waals surface area contributed by atoms with Gasteiger partial charge < -0.3 is 15.0 Å². The van der Waals surface area contributed by atoms with Gasteiger partial charge in [-0.3, -0.25) is 4.90 Å². The normalized spacial score (nSPS) is 11.9. The van der Waals surface area contributed by atoms with Crippen molar-refractivity contribution in [1.29, 1.82) is 0 Å². The van der Waals surface area contributed by atoms with E-state index in [2.05, 4.69) is 15.0 Å². The second kappa shape index (κ2) is 10.7. The van der Waals surface area contributed by atoms with Gasteiger partial charge >= 0.3 is 18.6 Å². The quantitative estimate of drug-likeness (QED) is 0.385. The molecule has 2 aromatic carbocycles. The molecule has 3 rings (SSSR count). The van der Waals surface area contributed by atoms with E-state index in [1.165, 1.54) is 18.2 Å². The largest absolute Gasteiger partial charge is 0.573 e. The van der Waals surface area contributed by atoms with Crippen LogP contribution in [0.25, 0.3) is 10.2 Å². The number of carbonyl (C=O) groups is 1. The summed E-state index contributed by atoms with van der Waals surface area (Å²) in [4.78, 5) is 20.1. The summed E-state index contributed by atoms with van der Waals surface area (Å²) in [5, 5.41) is 2.38. The number of para-hydroxylation sites is 1. The topological polar surface area (TPSA) is 57.7 Å². The molecule has 0 aliphatic carbocycles. The van der Waals surface area contributed by atoms with Gasteiger partial charge in [-0.1, -0.05) is 23.5 Å². The Balaban J connectivity index is 0.00000408. The summed E-state index contributed by atoms with van der Waals surface area (Å²) in [6.07, 6.45) is -9.55. The third-order valence-corrected chi connectivity index (χ3v) is 5.34. The molecule has 0 aliphatic heterocycles. The molecule has 186 valence electrons. The molecule has 0 saturated heterocycles. The van der Waals surface area contributed by atoms with Crippen LogP contribution in [0.2, 0.25) is 0 Å². The van der Waals surface area contributed by atoms with Crippen LogP contribution in [0.1, 0.15) is 5.56 Å². The predicted molar refractivity (Wildman–Crippen MR) is 120 cm³/mol. The van der Waals surface area contributed by atoms with Crippen molar-refractivity contribution in [1.82, 2.24) is 9.88 Å². The second-order valence-electron chi connectivity index (χ2n) is 7.10. The summed E-state index contributed by atoms with van der Waals surface area (Å²) in [6, 6.07) is 7.19. The number of likely N-dealkylation sites (N-methyl/N-ethyl adjacent to an activating group) is 1. The van der Waals surface area contributed by atoms with Crippen LogP contribution in [0.3, 0.4) is 0 Å². The average molecular weight is 529 g/mol. The molecule has 0 saturated carbocycles. The van der Waals surface area contributed by atoms with E-state index in [1.54, 1.807) is 19.0 Å². The Hall–Kier alpha value is -2.77. The molecule has 1 heterocycles. The fraction of sp³-hybridized carbons (Fsp3) is 0.300. The molecule has 0 bridgehead atoms. The lowest BCUT2D eigenvalue weighted by Gasteiger charge is -2.23. The van der Waals surface area contributed by atoms with Gasteiger partial charge in [0.05, 0.1) is 21.5 Å². The van der Waals surface area contributed by atoms with Crippen LogP contribution in [0.5, 0.6) is 5.75 Å². The molecule has 34 heavy (non-hydrogen) atoms. The zero-order valence-electron chi connectivity index (χ0n) is 17.7. The van der Waals surface area contributed by atoms with Crippen molar-refractivity contribution in [2.75, 3.05) is 37.4 Å². The van der Waals surface area contributed by atoms with Gasteiger partial charge in [0.2, 0.25) is 0 Å². The highest BCUT2D eigenvalue weighted by Gasteiger charge is 2.34. The van der Waals surface area contributed by atoms with Crippen molar-refractivity contribution in [2.45, 2.75) is 12.5 Å². The molecular formula is C20H19ClF6N4O2S. The van der Waals surface area contributed by atoms with E-state index in [0.717, 1.165) is 40.5 Å². The summed E-state index contributed by atoms with van der Waals surface area (Å²) in [5.74, 6) is -0.450. The number of urea groups is 1. The lowest BCUT2D eigenvalue weighted by Crippen LogP contribution is -2.39. The Morgan fingerprint density at radius 2 is 1.74 bits per heavy atom. The highest BCUT2D eigenvalue weighted by Crippen LogP contribution is 2.36. The Kier molecular flexibility index (Phi) is 8.61. The number of nitrogens with one attached hydrogen (secondary N) is 1. The van der Waals surface area contributed by atoms with E-state index in [-0.39, 0.29) is 24.1 Å². The number of anilines is 2.